The van der Waals surface area contributed by atoms with Crippen LogP contribution in [0.2, 0.25) is 0 Å². The van der Waals surface area contributed by atoms with Crippen molar-refractivity contribution in [1.82, 2.24) is 20.2 Å². The molecule has 0 aromatic carbocycles. The summed E-state index contributed by atoms with van der Waals surface area (Å²) < 4.78 is 15.1. The summed E-state index contributed by atoms with van der Waals surface area (Å²) in [7, 11) is 0. The first-order chi connectivity index (χ1) is 11.9. The van der Waals surface area contributed by atoms with Crippen LogP contribution in [0.5, 0.6) is 0 Å². The zero-order chi connectivity index (χ0) is 17.9. The van der Waals surface area contributed by atoms with Crippen LogP contribution in [0.1, 0.15) is 31.0 Å². The highest BCUT2D eigenvalue weighted by Gasteiger charge is 2.65. The van der Waals surface area contributed by atoms with Crippen molar-refractivity contribution in [3.8, 4) is 6.07 Å². The minimum Gasteiger partial charge on any atom is -0.335 e. The van der Waals surface area contributed by atoms with Crippen LogP contribution >= 0.6 is 0 Å². The largest absolute Gasteiger partial charge is 0.335 e. The van der Waals surface area contributed by atoms with Crippen LogP contribution in [-0.4, -0.2) is 28.1 Å². The average Bonchev–Trinajstić information content (AvgIpc) is 3.01. The van der Waals surface area contributed by atoms with Gasteiger partial charge in [0.05, 0.1) is 23.8 Å². The predicted octanol–water partition coefficient (Wildman–Crippen LogP) is 1.71. The van der Waals surface area contributed by atoms with E-state index in [4.69, 9.17) is 0 Å². The second kappa shape index (κ2) is 5.27. The quantitative estimate of drug-likeness (QED) is 0.833. The number of hydrogen-bond acceptors (Lipinski definition) is 4. The first kappa shape index (κ1) is 16.0. The fourth-order valence-electron chi connectivity index (χ4n) is 4.36. The Bertz CT molecular complexity index is 912. The maximum atomic E-state index is 13.9. The normalized spacial score (nSPS) is 27.6. The van der Waals surface area contributed by atoms with Crippen molar-refractivity contribution in [1.29, 1.82) is 5.26 Å². The number of piperidine rings is 1. The average molecular weight is 341 g/mol. The number of rotatable bonds is 3. The molecule has 1 saturated carbocycles. The number of halogens is 1. The van der Waals surface area contributed by atoms with Gasteiger partial charge in [-0.1, -0.05) is 19.9 Å². The Balaban J connectivity index is 1.61. The molecule has 1 saturated heterocycles. The summed E-state index contributed by atoms with van der Waals surface area (Å²) >= 11 is 0. The van der Waals surface area contributed by atoms with Crippen molar-refractivity contribution in [2.24, 2.45) is 17.3 Å². The van der Waals surface area contributed by atoms with Crippen LogP contribution in [0.3, 0.4) is 0 Å². The number of aromatic nitrogens is 2. The second-order valence-electron chi connectivity index (χ2n) is 7.61. The molecule has 3 heterocycles. The molecule has 0 spiro atoms. The van der Waals surface area contributed by atoms with Crippen molar-refractivity contribution >= 4 is 11.4 Å². The SMILES string of the molecule is Cc1ccc(F)n2ncc(C(C#N)NC(=O)[C@H]3NC[C@H]4[C@@H]3C4(C)C)c12. The van der Waals surface area contributed by atoms with Crippen LogP contribution in [0.4, 0.5) is 4.39 Å². The molecule has 1 unspecified atom stereocenters. The van der Waals surface area contributed by atoms with E-state index in [2.05, 4.69) is 35.6 Å². The van der Waals surface area contributed by atoms with E-state index in [1.54, 1.807) is 6.07 Å². The number of nitrogens with zero attached hydrogens (tertiary/aromatic N) is 3. The molecule has 7 heteroatoms. The van der Waals surface area contributed by atoms with Crippen molar-refractivity contribution in [2.45, 2.75) is 32.9 Å². The van der Waals surface area contributed by atoms with Crippen LogP contribution in [0, 0.1) is 41.5 Å². The molecule has 2 aromatic rings. The van der Waals surface area contributed by atoms with Gasteiger partial charge in [0.1, 0.15) is 6.04 Å². The zero-order valence-electron chi connectivity index (χ0n) is 14.4. The van der Waals surface area contributed by atoms with Crippen LogP contribution in [-0.2, 0) is 4.79 Å². The summed E-state index contributed by atoms with van der Waals surface area (Å²) in [5, 5.41) is 19.6. The van der Waals surface area contributed by atoms with E-state index in [1.807, 2.05) is 6.92 Å². The van der Waals surface area contributed by atoms with E-state index < -0.39 is 12.0 Å². The Labute approximate surface area is 145 Å². The molecular weight excluding hydrogens is 321 g/mol. The van der Waals surface area contributed by atoms with Gasteiger partial charge in [-0.3, -0.25) is 4.79 Å². The summed E-state index contributed by atoms with van der Waals surface area (Å²) in [5.41, 5.74) is 2.00. The minimum atomic E-state index is -0.867. The summed E-state index contributed by atoms with van der Waals surface area (Å²) in [4.78, 5) is 12.7. The van der Waals surface area contributed by atoms with Gasteiger partial charge in [-0.25, -0.2) is 4.52 Å². The minimum absolute atomic E-state index is 0.166. The fourth-order valence-corrected chi connectivity index (χ4v) is 4.36. The van der Waals surface area contributed by atoms with Gasteiger partial charge in [0, 0.05) is 5.56 Å². The number of fused-ring (bicyclic) bond motifs is 2. The molecule has 0 radical (unpaired) electrons. The molecule has 0 bridgehead atoms. The molecule has 25 heavy (non-hydrogen) atoms. The molecule has 2 N–H and O–H groups in total. The fraction of sp³-hybridized carbons (Fsp3) is 0.500. The first-order valence-corrected chi connectivity index (χ1v) is 8.42. The van der Waals surface area contributed by atoms with Gasteiger partial charge in [0.2, 0.25) is 11.9 Å². The molecule has 1 aliphatic heterocycles. The molecule has 1 aliphatic carbocycles. The first-order valence-electron chi connectivity index (χ1n) is 8.42. The van der Waals surface area contributed by atoms with Crippen LogP contribution < -0.4 is 10.6 Å². The number of nitriles is 1. The number of aryl methyl sites for hydroxylation is 1. The highest BCUT2D eigenvalue weighted by Crippen LogP contribution is 2.62. The molecule has 2 fully saturated rings. The number of hydrogen-bond donors (Lipinski definition) is 2. The topological polar surface area (TPSA) is 82.2 Å². The molecule has 1 amide bonds. The number of carbonyl (C=O) groups is 1. The zero-order valence-corrected chi connectivity index (χ0v) is 14.4. The standard InChI is InChI=1S/C18H20FN5O/c1-9-4-5-13(19)24-16(9)10(7-22-24)12(6-20)23-17(25)15-14-11(8-21-15)18(14,2)3/h4-5,7,11-12,14-15,21H,8H2,1-3H3,(H,23,25)/t11-,12?,14-,15-/m0/s1. The highest BCUT2D eigenvalue weighted by atomic mass is 19.1. The van der Waals surface area contributed by atoms with Gasteiger partial charge in [0.15, 0.2) is 0 Å². The second-order valence-corrected chi connectivity index (χ2v) is 7.61. The van der Waals surface area contributed by atoms with Gasteiger partial charge >= 0.3 is 0 Å². The number of pyridine rings is 1. The Morgan fingerprint density at radius 3 is 2.96 bits per heavy atom. The third-order valence-electron chi connectivity index (χ3n) is 5.91. The van der Waals surface area contributed by atoms with E-state index in [0.29, 0.717) is 22.9 Å². The van der Waals surface area contributed by atoms with Crippen LogP contribution in [0.25, 0.3) is 5.52 Å². The van der Waals surface area contributed by atoms with Crippen molar-refractivity contribution in [3.05, 3.63) is 35.4 Å². The van der Waals surface area contributed by atoms with Crippen molar-refractivity contribution in [2.75, 3.05) is 6.54 Å². The van der Waals surface area contributed by atoms with Gasteiger partial charge in [0.25, 0.3) is 0 Å². The van der Waals surface area contributed by atoms with E-state index in [-0.39, 0.29) is 17.4 Å². The van der Waals surface area contributed by atoms with Crippen LogP contribution in [0.15, 0.2) is 18.3 Å². The van der Waals surface area contributed by atoms with Gasteiger partial charge in [-0.15, -0.1) is 0 Å². The number of carbonyl (C=O) groups excluding carboxylic acids is 1. The van der Waals surface area contributed by atoms with Crippen molar-refractivity contribution < 1.29 is 9.18 Å². The van der Waals surface area contributed by atoms with Gasteiger partial charge in [-0.05, 0) is 42.3 Å². The third-order valence-corrected chi connectivity index (χ3v) is 5.91. The number of nitrogens with one attached hydrogen (secondary N) is 2. The number of amides is 1. The lowest BCUT2D eigenvalue weighted by Crippen LogP contribution is -2.45. The lowest BCUT2D eigenvalue weighted by atomic mass is 10.0. The van der Waals surface area contributed by atoms with E-state index >= 15 is 0 Å². The monoisotopic (exact) mass is 341 g/mol. The Morgan fingerprint density at radius 1 is 1.56 bits per heavy atom. The lowest BCUT2D eigenvalue weighted by Gasteiger charge is -2.20. The molecule has 4 atom stereocenters. The van der Waals surface area contributed by atoms with E-state index in [0.717, 1.165) is 16.6 Å². The van der Waals surface area contributed by atoms with E-state index in [9.17, 15) is 14.4 Å². The smallest absolute Gasteiger partial charge is 0.238 e. The van der Waals surface area contributed by atoms with E-state index in [1.165, 1.54) is 12.3 Å². The van der Waals surface area contributed by atoms with Gasteiger partial charge in [-0.2, -0.15) is 14.8 Å². The van der Waals surface area contributed by atoms with Crippen molar-refractivity contribution in [3.63, 3.8) is 0 Å². The third kappa shape index (κ3) is 2.24. The highest BCUT2D eigenvalue weighted by molar-refractivity contribution is 5.84. The molecule has 2 aliphatic rings. The Hall–Kier alpha value is -2.46. The molecule has 6 nitrogen and oxygen atoms in total. The summed E-state index contributed by atoms with van der Waals surface area (Å²) in [6, 6.07) is 3.93. The molecule has 130 valence electrons. The maximum absolute atomic E-state index is 13.9. The predicted molar refractivity (Wildman–Crippen MR) is 88.9 cm³/mol. The molecule has 2 aromatic heterocycles. The summed E-state index contributed by atoms with van der Waals surface area (Å²) in [5.74, 6) is 0.125. The maximum Gasteiger partial charge on any atom is 0.238 e. The summed E-state index contributed by atoms with van der Waals surface area (Å²) in [6.45, 7) is 6.99. The Morgan fingerprint density at radius 2 is 2.32 bits per heavy atom. The molecular formula is C18H20FN5O. The lowest BCUT2D eigenvalue weighted by molar-refractivity contribution is -0.124. The molecule has 4 rings (SSSR count). The summed E-state index contributed by atoms with van der Waals surface area (Å²) in [6.07, 6.45) is 1.45. The van der Waals surface area contributed by atoms with Gasteiger partial charge < -0.3 is 10.6 Å². The Kier molecular flexibility index (Phi) is 3.38.